The van der Waals surface area contributed by atoms with E-state index >= 15 is 0 Å². The van der Waals surface area contributed by atoms with Gasteiger partial charge >= 0.3 is 7.60 Å². The predicted octanol–water partition coefficient (Wildman–Crippen LogP) is 3.47. The van der Waals surface area contributed by atoms with E-state index in [1.807, 2.05) is 44.2 Å². The fourth-order valence-electron chi connectivity index (χ4n) is 1.57. The predicted molar refractivity (Wildman–Crippen MR) is 67.7 cm³/mol. The molecular weight excluding hydrogens is 243 g/mol. The van der Waals surface area contributed by atoms with Crippen LogP contribution in [0.4, 0.5) is 0 Å². The molecule has 5 heteroatoms. The minimum atomic E-state index is -4.11. The Kier molecular flexibility index (Phi) is 4.62. The molecule has 0 aromatic heterocycles. The molecule has 0 amide bonds. The average molecular weight is 260 g/mol. The summed E-state index contributed by atoms with van der Waals surface area (Å²) < 4.78 is 10.6. The molecule has 0 spiro atoms. The molecule has 0 heterocycles. The van der Waals surface area contributed by atoms with Gasteiger partial charge < -0.3 is 9.79 Å². The molecule has 0 aliphatic heterocycles. The van der Waals surface area contributed by atoms with Gasteiger partial charge in [-0.05, 0) is 25.0 Å². The summed E-state index contributed by atoms with van der Waals surface area (Å²) in [5.74, 6) is 0. The maximum absolute atomic E-state index is 11.6. The van der Waals surface area contributed by atoms with Gasteiger partial charge in [-0.3, -0.25) is 4.57 Å². The molecule has 0 unspecified atom stereocenters. The lowest BCUT2D eigenvalue weighted by Crippen LogP contribution is -2.22. The zero-order chi connectivity index (χ0) is 12.2. The van der Waals surface area contributed by atoms with E-state index in [2.05, 4.69) is 0 Å². The Bertz CT molecular complexity index is 370. The van der Waals surface area contributed by atoms with Crippen LogP contribution < -0.4 is 0 Å². The van der Waals surface area contributed by atoms with Gasteiger partial charge in [-0.1, -0.05) is 32.0 Å². The first kappa shape index (κ1) is 13.8. The average Bonchev–Trinajstić information content (AvgIpc) is 2.25. The molecule has 0 aliphatic carbocycles. The van der Waals surface area contributed by atoms with Gasteiger partial charge in [0.1, 0.15) is 4.49 Å². The van der Waals surface area contributed by atoms with Gasteiger partial charge in [0.2, 0.25) is 0 Å². The van der Waals surface area contributed by atoms with Gasteiger partial charge in [0.15, 0.2) is 0 Å². The second kappa shape index (κ2) is 5.37. The van der Waals surface area contributed by atoms with E-state index in [0.29, 0.717) is 12.8 Å². The molecule has 0 bridgehead atoms. The highest BCUT2D eigenvalue weighted by Gasteiger charge is 2.44. The normalized spacial score (nSPS) is 12.8. The lowest BCUT2D eigenvalue weighted by atomic mass is 10.2. The molecular formula is C11H17O3PS. The summed E-state index contributed by atoms with van der Waals surface area (Å²) in [6, 6.07) is 9.39. The monoisotopic (exact) mass is 260 g/mol. The van der Waals surface area contributed by atoms with Gasteiger partial charge in [0.25, 0.3) is 0 Å². The Morgan fingerprint density at radius 3 is 2.06 bits per heavy atom. The molecule has 0 atom stereocenters. The maximum Gasteiger partial charge on any atom is 0.341 e. The third-order valence-corrected chi connectivity index (χ3v) is 6.83. The number of thioether (sulfide) groups is 1. The van der Waals surface area contributed by atoms with E-state index in [0.717, 1.165) is 4.90 Å². The van der Waals surface area contributed by atoms with E-state index in [4.69, 9.17) is 0 Å². The summed E-state index contributed by atoms with van der Waals surface area (Å²) in [5, 5.41) is 0. The van der Waals surface area contributed by atoms with Crippen LogP contribution in [0.2, 0.25) is 0 Å². The Morgan fingerprint density at radius 2 is 1.69 bits per heavy atom. The maximum atomic E-state index is 11.6. The third-order valence-electron chi connectivity index (χ3n) is 2.69. The van der Waals surface area contributed by atoms with Crippen molar-refractivity contribution in [2.75, 3.05) is 0 Å². The van der Waals surface area contributed by atoms with E-state index in [-0.39, 0.29) is 0 Å². The molecule has 0 radical (unpaired) electrons. The van der Waals surface area contributed by atoms with Crippen LogP contribution in [0.25, 0.3) is 0 Å². The van der Waals surface area contributed by atoms with E-state index in [1.165, 1.54) is 11.8 Å². The molecule has 90 valence electrons. The number of rotatable bonds is 5. The highest BCUT2D eigenvalue weighted by molar-refractivity contribution is 8.06. The van der Waals surface area contributed by atoms with Crippen molar-refractivity contribution < 1.29 is 14.4 Å². The lowest BCUT2D eigenvalue weighted by Gasteiger charge is -2.31. The second-order valence-electron chi connectivity index (χ2n) is 3.61. The van der Waals surface area contributed by atoms with Crippen LogP contribution in [0.1, 0.15) is 26.7 Å². The fraction of sp³-hybridized carbons (Fsp3) is 0.455. The number of hydrogen-bond donors (Lipinski definition) is 2. The first-order valence-corrected chi connectivity index (χ1v) is 7.68. The van der Waals surface area contributed by atoms with Crippen molar-refractivity contribution in [3.05, 3.63) is 30.3 Å². The standard InChI is InChI=1S/C11H17O3PS/c1-3-11(4-2,15(12,13)14)16-10-8-6-5-7-9-10/h5-9H,3-4H2,1-2H3,(H2,12,13,14). The summed E-state index contributed by atoms with van der Waals surface area (Å²) in [7, 11) is -4.11. The van der Waals surface area contributed by atoms with E-state index < -0.39 is 12.1 Å². The molecule has 0 aliphatic rings. The Morgan fingerprint density at radius 1 is 1.19 bits per heavy atom. The van der Waals surface area contributed by atoms with Crippen LogP contribution in [0, 0.1) is 0 Å². The van der Waals surface area contributed by atoms with Crippen molar-refractivity contribution in [2.24, 2.45) is 0 Å². The van der Waals surface area contributed by atoms with Crippen LogP contribution in [0.5, 0.6) is 0 Å². The molecule has 1 aromatic carbocycles. The van der Waals surface area contributed by atoms with Gasteiger partial charge in [-0.15, -0.1) is 11.8 Å². The zero-order valence-electron chi connectivity index (χ0n) is 9.46. The molecule has 0 fully saturated rings. The Labute approximate surface area is 100 Å². The summed E-state index contributed by atoms with van der Waals surface area (Å²) in [5.41, 5.74) is 0. The fourth-order valence-corrected chi connectivity index (χ4v) is 4.21. The Hall–Kier alpha value is -0.280. The lowest BCUT2D eigenvalue weighted by molar-refractivity contribution is 0.346. The van der Waals surface area contributed by atoms with Crippen LogP contribution in [-0.4, -0.2) is 14.3 Å². The largest absolute Gasteiger partial charge is 0.341 e. The number of hydrogen-bond acceptors (Lipinski definition) is 2. The molecule has 1 aromatic rings. The highest BCUT2D eigenvalue weighted by Crippen LogP contribution is 2.62. The molecule has 1 rings (SSSR count). The first-order valence-electron chi connectivity index (χ1n) is 5.25. The van der Waals surface area contributed by atoms with Crippen molar-refractivity contribution in [3.8, 4) is 0 Å². The van der Waals surface area contributed by atoms with Crippen LogP contribution in [0.15, 0.2) is 35.2 Å². The van der Waals surface area contributed by atoms with Gasteiger partial charge in [0.05, 0.1) is 0 Å². The SMILES string of the molecule is CCC(CC)(Sc1ccccc1)P(=O)(O)O. The van der Waals surface area contributed by atoms with Crippen molar-refractivity contribution in [1.82, 2.24) is 0 Å². The topological polar surface area (TPSA) is 57.5 Å². The summed E-state index contributed by atoms with van der Waals surface area (Å²) in [6.07, 6.45) is 0.903. The van der Waals surface area contributed by atoms with Crippen LogP contribution in [-0.2, 0) is 4.57 Å². The third kappa shape index (κ3) is 2.89. The quantitative estimate of drug-likeness (QED) is 0.628. The summed E-state index contributed by atoms with van der Waals surface area (Å²) in [6.45, 7) is 3.64. The second-order valence-corrected chi connectivity index (χ2v) is 7.32. The van der Waals surface area contributed by atoms with E-state index in [9.17, 15) is 14.4 Å². The van der Waals surface area contributed by atoms with Crippen molar-refractivity contribution >= 4 is 19.4 Å². The van der Waals surface area contributed by atoms with E-state index in [1.54, 1.807) is 0 Å². The molecule has 3 nitrogen and oxygen atoms in total. The van der Waals surface area contributed by atoms with Gasteiger partial charge in [0, 0.05) is 4.90 Å². The van der Waals surface area contributed by atoms with Gasteiger partial charge in [-0.2, -0.15) is 0 Å². The molecule has 16 heavy (non-hydrogen) atoms. The summed E-state index contributed by atoms with van der Waals surface area (Å²) in [4.78, 5) is 19.9. The number of benzene rings is 1. The molecule has 0 saturated heterocycles. The molecule has 0 saturated carbocycles. The van der Waals surface area contributed by atoms with Crippen molar-refractivity contribution in [2.45, 2.75) is 36.1 Å². The van der Waals surface area contributed by atoms with Crippen molar-refractivity contribution in [3.63, 3.8) is 0 Å². The smallest absolute Gasteiger partial charge is 0.323 e. The van der Waals surface area contributed by atoms with Crippen molar-refractivity contribution in [1.29, 1.82) is 0 Å². The Balaban J connectivity index is 3.01. The molecule has 2 N–H and O–H groups in total. The van der Waals surface area contributed by atoms with Crippen LogP contribution >= 0.6 is 19.4 Å². The first-order chi connectivity index (χ1) is 7.45. The van der Waals surface area contributed by atoms with Gasteiger partial charge in [-0.25, -0.2) is 0 Å². The summed E-state index contributed by atoms with van der Waals surface area (Å²) >= 11 is 1.28. The minimum absolute atomic E-state index is 0.452. The highest BCUT2D eigenvalue weighted by atomic mass is 32.2. The van der Waals surface area contributed by atoms with Crippen LogP contribution in [0.3, 0.4) is 0 Å². The minimum Gasteiger partial charge on any atom is -0.323 e. The zero-order valence-corrected chi connectivity index (χ0v) is 11.2.